The number of H-pyrrole nitrogens is 1. The molecule has 28 heavy (non-hydrogen) atoms. The maximum Gasteiger partial charge on any atom is 0.280 e. The van der Waals surface area contributed by atoms with Crippen molar-refractivity contribution >= 4 is 27.8 Å². The number of hydrogen-bond donors (Lipinski definition) is 1. The third-order valence-corrected chi connectivity index (χ3v) is 5.11. The molecule has 1 aliphatic heterocycles. The first kappa shape index (κ1) is 16.9. The molecule has 7 heteroatoms. The molecular formula is C21H21N5O2. The lowest BCUT2D eigenvalue weighted by molar-refractivity contribution is -0.00544. The quantitative estimate of drug-likeness (QED) is 0.583. The molecule has 142 valence electrons. The van der Waals surface area contributed by atoms with E-state index >= 15 is 0 Å². The Hall–Kier alpha value is -3.19. The number of anilines is 1. The number of morpholine rings is 1. The van der Waals surface area contributed by atoms with Gasteiger partial charge in [0, 0.05) is 19.3 Å². The van der Waals surface area contributed by atoms with Crippen molar-refractivity contribution in [3.05, 3.63) is 59.0 Å². The number of ether oxygens (including phenoxy) is 1. The topological polar surface area (TPSA) is 76.0 Å². The van der Waals surface area contributed by atoms with Crippen molar-refractivity contribution in [3.8, 4) is 5.69 Å². The average molecular weight is 375 g/mol. The van der Waals surface area contributed by atoms with Gasteiger partial charge in [0.2, 0.25) is 0 Å². The summed E-state index contributed by atoms with van der Waals surface area (Å²) in [7, 11) is 0. The van der Waals surface area contributed by atoms with Crippen LogP contribution < -0.4 is 10.5 Å². The van der Waals surface area contributed by atoms with E-state index in [1.165, 1.54) is 0 Å². The number of hydrogen-bond acceptors (Lipinski definition) is 5. The van der Waals surface area contributed by atoms with Crippen molar-refractivity contribution in [2.24, 2.45) is 0 Å². The first-order valence-electron chi connectivity index (χ1n) is 9.46. The molecule has 0 spiro atoms. The number of para-hydroxylation sites is 1. The summed E-state index contributed by atoms with van der Waals surface area (Å²) in [5, 5.41) is 3.76. The second kappa shape index (κ2) is 6.45. The van der Waals surface area contributed by atoms with Crippen LogP contribution in [-0.2, 0) is 4.74 Å². The fourth-order valence-electron chi connectivity index (χ4n) is 3.91. The summed E-state index contributed by atoms with van der Waals surface area (Å²) in [5.41, 5.74) is 2.82. The van der Waals surface area contributed by atoms with Crippen LogP contribution in [0.1, 0.15) is 13.8 Å². The van der Waals surface area contributed by atoms with Gasteiger partial charge in [-0.05, 0) is 38.1 Å². The van der Waals surface area contributed by atoms with Gasteiger partial charge in [0.15, 0.2) is 0 Å². The van der Waals surface area contributed by atoms with Crippen molar-refractivity contribution in [1.29, 1.82) is 0 Å². The molecule has 1 aliphatic rings. The van der Waals surface area contributed by atoms with Crippen LogP contribution in [0.3, 0.4) is 0 Å². The Balaban J connectivity index is 1.68. The number of pyridine rings is 2. The van der Waals surface area contributed by atoms with Gasteiger partial charge in [-0.1, -0.05) is 18.2 Å². The summed E-state index contributed by atoms with van der Waals surface area (Å²) in [6.07, 6.45) is 1.92. The van der Waals surface area contributed by atoms with Crippen molar-refractivity contribution in [3.63, 3.8) is 0 Å². The molecule has 4 aromatic rings. The highest BCUT2D eigenvalue weighted by Crippen LogP contribution is 2.24. The Morgan fingerprint density at radius 1 is 1.07 bits per heavy atom. The molecule has 0 saturated carbocycles. The highest BCUT2D eigenvalue weighted by atomic mass is 16.5. The largest absolute Gasteiger partial charge is 0.372 e. The second-order valence-corrected chi connectivity index (χ2v) is 7.33. The van der Waals surface area contributed by atoms with E-state index in [1.807, 2.05) is 42.5 Å². The molecule has 3 aromatic heterocycles. The van der Waals surface area contributed by atoms with E-state index in [-0.39, 0.29) is 17.8 Å². The van der Waals surface area contributed by atoms with E-state index in [1.54, 1.807) is 10.9 Å². The van der Waals surface area contributed by atoms with E-state index < -0.39 is 0 Å². The monoisotopic (exact) mass is 375 g/mol. The lowest BCUT2D eigenvalue weighted by Gasteiger charge is -2.36. The molecule has 1 fully saturated rings. The Labute approximate surface area is 161 Å². The van der Waals surface area contributed by atoms with E-state index in [4.69, 9.17) is 9.72 Å². The first-order valence-corrected chi connectivity index (χ1v) is 9.46. The highest BCUT2D eigenvalue weighted by Gasteiger charge is 2.24. The number of aromatic nitrogens is 4. The minimum absolute atomic E-state index is 0.128. The van der Waals surface area contributed by atoms with Gasteiger partial charge < -0.3 is 9.64 Å². The normalized spacial score (nSPS) is 20.1. The molecule has 1 N–H and O–H groups in total. The lowest BCUT2D eigenvalue weighted by atomic mass is 10.2. The molecule has 5 rings (SSSR count). The van der Waals surface area contributed by atoms with Crippen LogP contribution >= 0.6 is 0 Å². The molecule has 0 aliphatic carbocycles. The van der Waals surface area contributed by atoms with Gasteiger partial charge in [0.05, 0.1) is 34.3 Å². The van der Waals surface area contributed by atoms with Crippen LogP contribution in [0.2, 0.25) is 0 Å². The van der Waals surface area contributed by atoms with Gasteiger partial charge in [-0.3, -0.25) is 14.9 Å². The molecule has 1 saturated heterocycles. The molecule has 2 unspecified atom stereocenters. The van der Waals surface area contributed by atoms with Gasteiger partial charge in [0.25, 0.3) is 5.56 Å². The second-order valence-electron chi connectivity index (χ2n) is 7.33. The fraction of sp³-hybridized carbons (Fsp3) is 0.286. The smallest absolute Gasteiger partial charge is 0.280 e. The summed E-state index contributed by atoms with van der Waals surface area (Å²) in [6, 6.07) is 13.5. The minimum Gasteiger partial charge on any atom is -0.372 e. The SMILES string of the molecule is CC1CN(c2ccc3ncc4c(=O)n(-c5ccccc5)[nH]c4c3n2)CC(C)O1. The zero-order valence-corrected chi connectivity index (χ0v) is 15.8. The standard InChI is InChI=1S/C21H21N5O2/c1-13-11-25(12-14(2)28-13)18-9-8-17-20(23-18)19-16(10-22-17)21(27)26(24-19)15-6-4-3-5-7-15/h3-10,13-14,24H,11-12H2,1-2H3. The minimum atomic E-state index is -0.128. The lowest BCUT2D eigenvalue weighted by Crippen LogP contribution is -2.45. The number of benzene rings is 1. The van der Waals surface area contributed by atoms with Crippen molar-refractivity contribution in [1.82, 2.24) is 19.7 Å². The van der Waals surface area contributed by atoms with Gasteiger partial charge in [-0.25, -0.2) is 9.67 Å². The van der Waals surface area contributed by atoms with Crippen molar-refractivity contribution in [2.45, 2.75) is 26.1 Å². The van der Waals surface area contributed by atoms with E-state index in [0.29, 0.717) is 16.4 Å². The van der Waals surface area contributed by atoms with Crippen LogP contribution in [0.15, 0.2) is 53.5 Å². The molecule has 2 atom stereocenters. The van der Waals surface area contributed by atoms with Crippen LogP contribution in [-0.4, -0.2) is 45.0 Å². The van der Waals surface area contributed by atoms with E-state index in [2.05, 4.69) is 28.8 Å². The van der Waals surface area contributed by atoms with E-state index in [0.717, 1.165) is 30.1 Å². The van der Waals surface area contributed by atoms with Crippen LogP contribution in [0.4, 0.5) is 5.82 Å². The zero-order valence-electron chi connectivity index (χ0n) is 15.8. The number of nitrogens with one attached hydrogen (secondary N) is 1. The first-order chi connectivity index (χ1) is 13.6. The van der Waals surface area contributed by atoms with Gasteiger partial charge in [0.1, 0.15) is 11.3 Å². The van der Waals surface area contributed by atoms with Crippen LogP contribution in [0.5, 0.6) is 0 Å². The van der Waals surface area contributed by atoms with Crippen molar-refractivity contribution in [2.75, 3.05) is 18.0 Å². The summed E-state index contributed by atoms with van der Waals surface area (Å²) in [5.74, 6) is 0.872. The maximum atomic E-state index is 12.9. The fourth-order valence-corrected chi connectivity index (χ4v) is 3.91. The average Bonchev–Trinajstić information content (AvgIpc) is 3.04. The predicted octanol–water partition coefficient (Wildman–Crippen LogP) is 2.88. The number of nitrogens with zero attached hydrogens (tertiary/aromatic N) is 4. The molecule has 7 nitrogen and oxygen atoms in total. The molecule has 4 heterocycles. The van der Waals surface area contributed by atoms with Crippen LogP contribution in [0, 0.1) is 0 Å². The van der Waals surface area contributed by atoms with Gasteiger partial charge >= 0.3 is 0 Å². The predicted molar refractivity (Wildman–Crippen MR) is 109 cm³/mol. The third-order valence-electron chi connectivity index (χ3n) is 5.11. The third kappa shape index (κ3) is 2.75. The molecule has 0 amide bonds. The highest BCUT2D eigenvalue weighted by molar-refractivity contribution is 6.00. The van der Waals surface area contributed by atoms with Crippen LogP contribution in [0.25, 0.3) is 27.6 Å². The Bertz CT molecular complexity index is 1200. The van der Waals surface area contributed by atoms with Crippen molar-refractivity contribution < 1.29 is 4.74 Å². The Morgan fingerprint density at radius 2 is 1.82 bits per heavy atom. The molecular weight excluding hydrogens is 354 g/mol. The van der Waals surface area contributed by atoms with E-state index in [9.17, 15) is 4.79 Å². The Morgan fingerprint density at radius 3 is 2.57 bits per heavy atom. The summed E-state index contributed by atoms with van der Waals surface area (Å²) in [4.78, 5) is 24.4. The van der Waals surface area contributed by atoms with Gasteiger partial charge in [-0.15, -0.1) is 0 Å². The summed E-state index contributed by atoms with van der Waals surface area (Å²) < 4.78 is 7.37. The molecule has 0 bridgehead atoms. The zero-order chi connectivity index (χ0) is 19.3. The summed E-state index contributed by atoms with van der Waals surface area (Å²) in [6.45, 7) is 5.71. The molecule has 0 radical (unpaired) electrons. The maximum absolute atomic E-state index is 12.9. The Kier molecular flexibility index (Phi) is 3.91. The number of fused-ring (bicyclic) bond motifs is 3. The summed E-state index contributed by atoms with van der Waals surface area (Å²) >= 11 is 0. The number of rotatable bonds is 2. The molecule has 1 aromatic carbocycles. The van der Waals surface area contributed by atoms with Gasteiger partial charge in [-0.2, -0.15) is 0 Å². The number of aromatic amines is 1.